The van der Waals surface area contributed by atoms with Gasteiger partial charge in [-0.3, -0.25) is 0 Å². The van der Waals surface area contributed by atoms with Crippen LogP contribution in [-0.4, -0.2) is 66.6 Å². The SMILES string of the molecule is CCC1CC(OCC(OC(C)C)C(F)C(F)C(F)(F)F)(C(F)(F)F)C(F)(F)C1(F)C(C)(F)F. The number of hydrogen-bond acceptors (Lipinski definition) is 2. The Balaban J connectivity index is 3.50. The molecule has 0 aliphatic heterocycles. The summed E-state index contributed by atoms with van der Waals surface area (Å²) in [6.45, 7) is 0.567. The third-order valence-electron chi connectivity index (χ3n) is 5.54. The summed E-state index contributed by atoms with van der Waals surface area (Å²) in [6, 6.07) is 0. The van der Waals surface area contributed by atoms with Gasteiger partial charge in [0.25, 0.3) is 5.92 Å². The van der Waals surface area contributed by atoms with E-state index in [2.05, 4.69) is 9.47 Å². The molecule has 0 saturated heterocycles. The van der Waals surface area contributed by atoms with Crippen molar-refractivity contribution in [2.45, 2.75) is 101 Å². The molecule has 0 heterocycles. The van der Waals surface area contributed by atoms with Crippen LogP contribution < -0.4 is 0 Å². The lowest BCUT2D eigenvalue weighted by molar-refractivity contribution is -0.370. The predicted molar refractivity (Wildman–Crippen MR) is 88.4 cm³/mol. The molecule has 1 fully saturated rings. The maximum absolute atomic E-state index is 15.1. The van der Waals surface area contributed by atoms with Crippen LogP contribution in [0.5, 0.6) is 0 Å². The van der Waals surface area contributed by atoms with Crippen LogP contribution in [0.1, 0.15) is 40.5 Å². The molecular formula is C18H23F13O2. The molecule has 0 aromatic rings. The second-order valence-electron chi connectivity index (χ2n) is 8.23. The minimum atomic E-state index is -6.24. The molecule has 198 valence electrons. The fourth-order valence-electron chi connectivity index (χ4n) is 3.90. The second kappa shape index (κ2) is 9.23. The molecular weight excluding hydrogens is 495 g/mol. The Hall–Kier alpha value is -0.990. The molecule has 1 saturated carbocycles. The summed E-state index contributed by atoms with van der Waals surface area (Å²) in [4.78, 5) is 0. The van der Waals surface area contributed by atoms with Crippen molar-refractivity contribution in [3.05, 3.63) is 0 Å². The molecule has 1 aliphatic carbocycles. The Kier molecular flexibility index (Phi) is 8.40. The standard InChI is InChI=1S/C18H23F13O2/c1-5-9-6-14(18(29,30)31,17(27,28)15(9,23)13(4,21)22)32-7-10(33-8(2)3)11(19)12(20)16(24,25)26/h8-12H,5-7H2,1-4H3. The normalized spacial score (nSPS) is 31.6. The first-order chi connectivity index (χ1) is 14.5. The molecule has 0 amide bonds. The minimum absolute atomic E-state index is 0.352. The number of hydrogen-bond donors (Lipinski definition) is 0. The van der Waals surface area contributed by atoms with Crippen LogP contribution in [0.4, 0.5) is 57.1 Å². The average Bonchev–Trinajstić information content (AvgIpc) is 2.80. The van der Waals surface area contributed by atoms with Crippen molar-refractivity contribution in [3.8, 4) is 0 Å². The molecule has 0 bridgehead atoms. The van der Waals surface area contributed by atoms with Crippen molar-refractivity contribution in [3.63, 3.8) is 0 Å². The van der Waals surface area contributed by atoms with Crippen LogP contribution in [0, 0.1) is 5.92 Å². The molecule has 6 atom stereocenters. The highest BCUT2D eigenvalue weighted by molar-refractivity contribution is 5.24. The minimum Gasteiger partial charge on any atom is -0.370 e. The zero-order valence-electron chi connectivity index (χ0n) is 17.7. The van der Waals surface area contributed by atoms with E-state index >= 15 is 4.39 Å². The Labute approximate surface area is 180 Å². The van der Waals surface area contributed by atoms with Gasteiger partial charge in [0, 0.05) is 12.8 Å². The van der Waals surface area contributed by atoms with E-state index in [0.29, 0.717) is 0 Å². The molecule has 15 heteroatoms. The van der Waals surface area contributed by atoms with Crippen LogP contribution in [0.25, 0.3) is 0 Å². The van der Waals surface area contributed by atoms with E-state index in [1.54, 1.807) is 0 Å². The van der Waals surface area contributed by atoms with Gasteiger partial charge in [-0.05, 0) is 26.7 Å². The molecule has 1 rings (SSSR count). The van der Waals surface area contributed by atoms with Gasteiger partial charge in [-0.15, -0.1) is 0 Å². The van der Waals surface area contributed by atoms with Gasteiger partial charge in [-0.1, -0.05) is 6.92 Å². The highest BCUT2D eigenvalue weighted by Gasteiger charge is 2.89. The summed E-state index contributed by atoms with van der Waals surface area (Å²) in [5, 5.41) is 0. The number of ether oxygens (including phenoxy) is 2. The van der Waals surface area contributed by atoms with Gasteiger partial charge in [0.05, 0.1) is 12.7 Å². The Morgan fingerprint density at radius 1 is 0.939 bits per heavy atom. The van der Waals surface area contributed by atoms with Gasteiger partial charge < -0.3 is 9.47 Å². The molecule has 0 N–H and O–H groups in total. The van der Waals surface area contributed by atoms with Crippen LogP contribution >= 0.6 is 0 Å². The highest BCUT2D eigenvalue weighted by atomic mass is 19.4. The van der Waals surface area contributed by atoms with Crippen molar-refractivity contribution in [2.24, 2.45) is 5.92 Å². The lowest BCUT2D eigenvalue weighted by atomic mass is 9.83. The van der Waals surface area contributed by atoms with E-state index in [9.17, 15) is 52.7 Å². The van der Waals surface area contributed by atoms with Gasteiger partial charge in [0.1, 0.15) is 6.10 Å². The predicted octanol–water partition coefficient (Wildman–Crippen LogP) is 6.76. The molecule has 6 unspecified atom stereocenters. The van der Waals surface area contributed by atoms with Gasteiger partial charge in [-0.25, -0.2) is 22.0 Å². The Morgan fingerprint density at radius 3 is 1.73 bits per heavy atom. The fourth-order valence-corrected chi connectivity index (χ4v) is 3.90. The summed E-state index contributed by atoms with van der Waals surface area (Å²) in [5.74, 6) is -13.6. The molecule has 0 aromatic carbocycles. The van der Waals surface area contributed by atoms with Crippen molar-refractivity contribution < 1.29 is 66.5 Å². The van der Waals surface area contributed by atoms with E-state index in [4.69, 9.17) is 0 Å². The average molecular weight is 518 g/mol. The van der Waals surface area contributed by atoms with Crippen molar-refractivity contribution in [2.75, 3.05) is 6.61 Å². The van der Waals surface area contributed by atoms with Crippen molar-refractivity contribution >= 4 is 0 Å². The second-order valence-corrected chi connectivity index (χ2v) is 8.23. The van der Waals surface area contributed by atoms with E-state index in [1.807, 2.05) is 0 Å². The van der Waals surface area contributed by atoms with E-state index in [1.165, 1.54) is 0 Å². The van der Waals surface area contributed by atoms with Crippen molar-refractivity contribution in [1.82, 2.24) is 0 Å². The maximum Gasteiger partial charge on any atom is 0.423 e. The van der Waals surface area contributed by atoms with Gasteiger partial charge >= 0.3 is 18.3 Å². The number of halogens is 13. The maximum atomic E-state index is 15.1. The zero-order chi connectivity index (χ0) is 26.4. The van der Waals surface area contributed by atoms with E-state index < -0.39 is 85.4 Å². The largest absolute Gasteiger partial charge is 0.423 e. The monoisotopic (exact) mass is 518 g/mol. The highest BCUT2D eigenvalue weighted by Crippen LogP contribution is 2.67. The van der Waals surface area contributed by atoms with Crippen molar-refractivity contribution in [1.29, 1.82) is 0 Å². The van der Waals surface area contributed by atoms with E-state index in [-0.39, 0.29) is 6.92 Å². The quantitative estimate of drug-likeness (QED) is 0.314. The summed E-state index contributed by atoms with van der Waals surface area (Å²) in [7, 11) is 0. The van der Waals surface area contributed by atoms with Gasteiger partial charge in [0.15, 0.2) is 6.17 Å². The first-order valence-corrected chi connectivity index (χ1v) is 9.66. The topological polar surface area (TPSA) is 18.5 Å². The summed E-state index contributed by atoms with van der Waals surface area (Å²) in [6.07, 6.45) is -27.1. The molecule has 1 aliphatic rings. The smallest absolute Gasteiger partial charge is 0.370 e. The zero-order valence-corrected chi connectivity index (χ0v) is 17.7. The summed E-state index contributed by atoms with van der Waals surface area (Å²) >= 11 is 0. The molecule has 0 radical (unpaired) electrons. The lowest BCUT2D eigenvalue weighted by Gasteiger charge is -2.42. The fraction of sp³-hybridized carbons (Fsp3) is 1.00. The Bertz CT molecular complexity index is 657. The first-order valence-electron chi connectivity index (χ1n) is 9.66. The first kappa shape index (κ1) is 30.0. The Morgan fingerprint density at radius 2 is 1.42 bits per heavy atom. The van der Waals surface area contributed by atoms with E-state index in [0.717, 1.165) is 20.8 Å². The lowest BCUT2D eigenvalue weighted by Crippen LogP contribution is -2.67. The third-order valence-corrected chi connectivity index (χ3v) is 5.54. The van der Waals surface area contributed by atoms with Crippen LogP contribution in [0.2, 0.25) is 0 Å². The van der Waals surface area contributed by atoms with Gasteiger partial charge in [0.2, 0.25) is 17.4 Å². The summed E-state index contributed by atoms with van der Waals surface area (Å²) in [5.41, 5.74) is -10.0. The van der Waals surface area contributed by atoms with Crippen LogP contribution in [0.3, 0.4) is 0 Å². The van der Waals surface area contributed by atoms with Crippen LogP contribution in [-0.2, 0) is 9.47 Å². The van der Waals surface area contributed by atoms with Crippen LogP contribution in [0.15, 0.2) is 0 Å². The molecule has 0 aromatic heterocycles. The van der Waals surface area contributed by atoms with Gasteiger partial charge in [-0.2, -0.15) is 35.1 Å². The molecule has 2 nitrogen and oxygen atoms in total. The summed E-state index contributed by atoms with van der Waals surface area (Å²) < 4.78 is 188. The molecule has 0 spiro atoms. The number of rotatable bonds is 9. The number of alkyl halides is 13. The third kappa shape index (κ3) is 5.03. The molecule has 33 heavy (non-hydrogen) atoms.